The third kappa shape index (κ3) is 9.33. The van der Waals surface area contributed by atoms with E-state index in [0.717, 1.165) is 49.1 Å². The van der Waals surface area contributed by atoms with Crippen LogP contribution in [0.2, 0.25) is 0 Å². The Kier molecular flexibility index (Phi) is 12.5. The first kappa shape index (κ1) is 30.0. The molecule has 0 fully saturated rings. The number of rotatable bonds is 11. The van der Waals surface area contributed by atoms with Crippen LogP contribution in [-0.4, -0.2) is 17.9 Å². The summed E-state index contributed by atoms with van der Waals surface area (Å²) in [6.07, 6.45) is 22.6. The second-order valence-electron chi connectivity index (χ2n) is 9.15. The Hall–Kier alpha value is -4.23. The lowest BCUT2D eigenvalue weighted by atomic mass is 9.92. The number of aliphatic imine (C=N–C) groups is 1. The summed E-state index contributed by atoms with van der Waals surface area (Å²) in [4.78, 5) is 4.32. The van der Waals surface area contributed by atoms with Gasteiger partial charge in [0.25, 0.3) is 0 Å². The summed E-state index contributed by atoms with van der Waals surface area (Å²) in [6.45, 7) is 14.7. The van der Waals surface area contributed by atoms with Crippen LogP contribution in [0.15, 0.2) is 102 Å². The number of terminal acetylenes is 1. The molecule has 4 heteroatoms. The van der Waals surface area contributed by atoms with Gasteiger partial charge in [0.15, 0.2) is 5.88 Å². The van der Waals surface area contributed by atoms with Crippen LogP contribution in [0.3, 0.4) is 0 Å². The SMILES string of the molecule is C#C.C=C(NC1=CCCC(c2ccc(C/C=C\C=NCCC)cc2)C=C1C)Oc1ccc(C)c(C(=C)O)c1. The van der Waals surface area contributed by atoms with Gasteiger partial charge in [-0.3, -0.25) is 4.99 Å². The zero-order valence-electron chi connectivity index (χ0n) is 22.9. The molecule has 2 N–H and O–H groups in total. The molecule has 2 aromatic carbocycles. The fourth-order valence-corrected chi connectivity index (χ4v) is 4.18. The minimum Gasteiger partial charge on any atom is -0.508 e. The molecule has 0 bridgehead atoms. The molecular formula is C34H40N2O2. The molecule has 0 aromatic heterocycles. The van der Waals surface area contributed by atoms with Crippen LogP contribution >= 0.6 is 0 Å². The van der Waals surface area contributed by atoms with Crippen LogP contribution in [0.25, 0.3) is 5.76 Å². The van der Waals surface area contributed by atoms with Crippen molar-refractivity contribution in [3.63, 3.8) is 0 Å². The molecule has 0 saturated heterocycles. The summed E-state index contributed by atoms with van der Waals surface area (Å²) >= 11 is 0. The first-order valence-corrected chi connectivity index (χ1v) is 13.0. The van der Waals surface area contributed by atoms with Crippen molar-refractivity contribution in [1.29, 1.82) is 0 Å². The Morgan fingerprint density at radius 2 is 1.89 bits per heavy atom. The number of aliphatic hydroxyl groups is 1. The van der Waals surface area contributed by atoms with E-state index in [2.05, 4.69) is 92.7 Å². The Morgan fingerprint density at radius 3 is 2.58 bits per heavy atom. The molecule has 0 aliphatic heterocycles. The summed E-state index contributed by atoms with van der Waals surface area (Å²) in [5, 5.41) is 13.1. The van der Waals surface area contributed by atoms with Gasteiger partial charge in [-0.05, 0) is 86.6 Å². The number of hydrogen-bond donors (Lipinski definition) is 2. The monoisotopic (exact) mass is 508 g/mol. The van der Waals surface area contributed by atoms with Gasteiger partial charge in [-0.1, -0.05) is 62.1 Å². The molecule has 4 nitrogen and oxygen atoms in total. The Labute approximate surface area is 228 Å². The second-order valence-corrected chi connectivity index (χ2v) is 9.15. The highest BCUT2D eigenvalue weighted by atomic mass is 16.5. The van der Waals surface area contributed by atoms with Crippen molar-refractivity contribution < 1.29 is 9.84 Å². The highest BCUT2D eigenvalue weighted by Gasteiger charge is 2.15. The van der Waals surface area contributed by atoms with Crippen LogP contribution in [0.5, 0.6) is 5.75 Å². The van der Waals surface area contributed by atoms with E-state index in [1.807, 2.05) is 31.3 Å². The topological polar surface area (TPSA) is 53.9 Å². The number of hydrogen-bond acceptors (Lipinski definition) is 4. The van der Waals surface area contributed by atoms with E-state index >= 15 is 0 Å². The molecule has 0 amide bonds. The molecule has 38 heavy (non-hydrogen) atoms. The average molecular weight is 509 g/mol. The maximum absolute atomic E-state index is 9.79. The van der Waals surface area contributed by atoms with Crippen molar-refractivity contribution in [2.75, 3.05) is 6.54 Å². The van der Waals surface area contributed by atoms with Crippen molar-refractivity contribution in [3.05, 3.63) is 119 Å². The third-order valence-electron chi connectivity index (χ3n) is 6.18. The van der Waals surface area contributed by atoms with Crippen LogP contribution in [-0.2, 0) is 6.42 Å². The predicted octanol–water partition coefficient (Wildman–Crippen LogP) is 8.20. The van der Waals surface area contributed by atoms with Gasteiger partial charge < -0.3 is 15.2 Å². The summed E-state index contributed by atoms with van der Waals surface area (Å²) in [5.74, 6) is 1.41. The van der Waals surface area contributed by atoms with Crippen molar-refractivity contribution in [1.82, 2.24) is 5.32 Å². The molecule has 0 spiro atoms. The van der Waals surface area contributed by atoms with Crippen molar-refractivity contribution in [3.8, 4) is 18.6 Å². The standard InChI is InChI=1S/C32H38N2O2.C2H2/c1-6-19-33-20-8-7-10-27-14-16-28(17-15-27)29-11-9-12-32(24(3)21-29)34-26(5)36-30-18-13-23(2)31(22-30)25(4)35;1-2/h7-8,12-18,20-22,29,34-35H,4-6,9-11,19H2,1-3H3;1-2H/b8-7-,33-20?;. The van der Waals surface area contributed by atoms with Crippen molar-refractivity contribution in [2.45, 2.75) is 52.4 Å². The van der Waals surface area contributed by atoms with Gasteiger partial charge in [0.2, 0.25) is 0 Å². The molecule has 3 rings (SSSR count). The van der Waals surface area contributed by atoms with E-state index in [9.17, 15) is 5.11 Å². The minimum atomic E-state index is 0.0224. The van der Waals surface area contributed by atoms with Gasteiger partial charge in [0.1, 0.15) is 11.5 Å². The van der Waals surface area contributed by atoms with E-state index in [-0.39, 0.29) is 5.76 Å². The molecule has 2 aromatic rings. The number of benzene rings is 2. The number of nitrogens with one attached hydrogen (secondary N) is 1. The number of allylic oxidation sites excluding steroid dienone is 5. The van der Waals surface area contributed by atoms with E-state index in [4.69, 9.17) is 4.74 Å². The minimum absolute atomic E-state index is 0.0224. The van der Waals surface area contributed by atoms with Gasteiger partial charge in [0, 0.05) is 29.9 Å². The maximum Gasteiger partial charge on any atom is 0.190 e. The maximum atomic E-state index is 9.79. The molecule has 1 aliphatic carbocycles. The predicted molar refractivity (Wildman–Crippen MR) is 162 cm³/mol. The molecule has 198 valence electrons. The lowest BCUT2D eigenvalue weighted by Crippen LogP contribution is -2.17. The zero-order valence-corrected chi connectivity index (χ0v) is 22.9. The van der Waals surface area contributed by atoms with Crippen LogP contribution in [0, 0.1) is 19.8 Å². The van der Waals surface area contributed by atoms with Gasteiger partial charge in [-0.2, -0.15) is 0 Å². The largest absolute Gasteiger partial charge is 0.508 e. The fourth-order valence-electron chi connectivity index (χ4n) is 4.18. The van der Waals surface area contributed by atoms with E-state index < -0.39 is 0 Å². The Bertz CT molecular complexity index is 1230. The van der Waals surface area contributed by atoms with E-state index in [1.54, 1.807) is 6.07 Å². The molecule has 0 heterocycles. The third-order valence-corrected chi connectivity index (χ3v) is 6.18. The number of aliphatic hydroxyl groups excluding tert-OH is 1. The molecule has 1 aliphatic rings. The van der Waals surface area contributed by atoms with Crippen molar-refractivity contribution in [2.24, 2.45) is 4.99 Å². The first-order chi connectivity index (χ1) is 18.4. The number of ether oxygens (including phenoxy) is 1. The highest BCUT2D eigenvalue weighted by molar-refractivity contribution is 5.71. The van der Waals surface area contributed by atoms with Gasteiger partial charge in [0.05, 0.1) is 0 Å². The lowest BCUT2D eigenvalue weighted by molar-refractivity contribution is 0.396. The molecule has 0 saturated carbocycles. The summed E-state index contributed by atoms with van der Waals surface area (Å²) in [5.41, 5.74) is 6.39. The van der Waals surface area contributed by atoms with Crippen LogP contribution in [0.4, 0.5) is 0 Å². The van der Waals surface area contributed by atoms with Gasteiger partial charge >= 0.3 is 0 Å². The van der Waals surface area contributed by atoms with Gasteiger partial charge in [-0.15, -0.1) is 12.8 Å². The summed E-state index contributed by atoms with van der Waals surface area (Å²) in [7, 11) is 0. The van der Waals surface area contributed by atoms with E-state index in [0.29, 0.717) is 23.1 Å². The molecule has 1 atom stereocenters. The van der Waals surface area contributed by atoms with Crippen molar-refractivity contribution >= 4 is 12.0 Å². The van der Waals surface area contributed by atoms with Crippen LogP contribution < -0.4 is 10.1 Å². The smallest absolute Gasteiger partial charge is 0.190 e. The fraction of sp³-hybridized carbons (Fsp3) is 0.265. The Balaban J connectivity index is 0.00000247. The number of nitrogens with zero attached hydrogens (tertiary/aromatic N) is 1. The zero-order chi connectivity index (χ0) is 27.9. The quantitative estimate of drug-likeness (QED) is 0.183. The van der Waals surface area contributed by atoms with Crippen LogP contribution in [0.1, 0.15) is 61.3 Å². The Morgan fingerprint density at radius 1 is 1.16 bits per heavy atom. The lowest BCUT2D eigenvalue weighted by Gasteiger charge is -2.16. The normalized spacial score (nSPS) is 15.1. The highest BCUT2D eigenvalue weighted by Crippen LogP contribution is 2.30. The summed E-state index contributed by atoms with van der Waals surface area (Å²) < 4.78 is 5.90. The molecular weight excluding hydrogens is 468 g/mol. The summed E-state index contributed by atoms with van der Waals surface area (Å²) in [6, 6.07) is 14.4. The first-order valence-electron chi connectivity index (χ1n) is 13.0. The molecule has 0 radical (unpaired) electrons. The average Bonchev–Trinajstić information content (AvgIpc) is 3.09. The number of aryl methyl sites for hydroxylation is 1. The van der Waals surface area contributed by atoms with E-state index in [1.165, 1.54) is 11.1 Å². The second kappa shape index (κ2) is 15.8. The van der Waals surface area contributed by atoms with Gasteiger partial charge in [-0.25, -0.2) is 0 Å². The molecule has 1 unspecified atom stereocenters.